The third-order valence-electron chi connectivity index (χ3n) is 4.22. The zero-order valence-corrected chi connectivity index (χ0v) is 11.3. The molecule has 6 nitrogen and oxygen atoms in total. The summed E-state index contributed by atoms with van der Waals surface area (Å²) in [5, 5.41) is 5.82. The van der Waals surface area contributed by atoms with E-state index in [9.17, 15) is 4.79 Å². The molecule has 0 radical (unpaired) electrons. The van der Waals surface area contributed by atoms with E-state index in [4.69, 9.17) is 9.47 Å². The Kier molecular flexibility index (Phi) is 4.20. The second-order valence-corrected chi connectivity index (χ2v) is 5.66. The van der Waals surface area contributed by atoms with Gasteiger partial charge in [0.25, 0.3) is 0 Å². The molecule has 0 aliphatic carbocycles. The highest BCUT2D eigenvalue weighted by Crippen LogP contribution is 2.22. The molecule has 2 amide bonds. The van der Waals surface area contributed by atoms with Gasteiger partial charge in [0.05, 0.1) is 25.4 Å². The van der Waals surface area contributed by atoms with Crippen LogP contribution in [0.5, 0.6) is 0 Å². The fourth-order valence-corrected chi connectivity index (χ4v) is 3.10. The Labute approximate surface area is 113 Å². The van der Waals surface area contributed by atoms with Crippen molar-refractivity contribution in [2.75, 3.05) is 39.5 Å². The molecule has 3 unspecified atom stereocenters. The summed E-state index contributed by atoms with van der Waals surface area (Å²) in [5.41, 5.74) is 0. The monoisotopic (exact) mass is 269 g/mol. The number of ether oxygens (including phenoxy) is 2. The van der Waals surface area contributed by atoms with E-state index in [1.54, 1.807) is 0 Å². The van der Waals surface area contributed by atoms with Crippen molar-refractivity contribution in [2.45, 2.75) is 37.5 Å². The minimum Gasteiger partial charge on any atom is -0.379 e. The number of urea groups is 1. The van der Waals surface area contributed by atoms with Gasteiger partial charge in [0.2, 0.25) is 0 Å². The summed E-state index contributed by atoms with van der Waals surface area (Å²) in [6.07, 6.45) is 3.56. The van der Waals surface area contributed by atoms with E-state index in [1.165, 1.54) is 19.4 Å². The van der Waals surface area contributed by atoms with Crippen molar-refractivity contribution in [1.82, 2.24) is 15.5 Å². The summed E-state index contributed by atoms with van der Waals surface area (Å²) in [4.78, 5) is 14.2. The second kappa shape index (κ2) is 6.07. The van der Waals surface area contributed by atoms with Crippen LogP contribution in [-0.4, -0.2) is 68.6 Å². The molecular weight excluding hydrogens is 246 g/mol. The van der Waals surface area contributed by atoms with Crippen LogP contribution in [0.25, 0.3) is 0 Å². The molecule has 3 aliphatic heterocycles. The number of hydrogen-bond acceptors (Lipinski definition) is 4. The fourth-order valence-electron chi connectivity index (χ4n) is 3.10. The topological polar surface area (TPSA) is 62.8 Å². The van der Waals surface area contributed by atoms with Gasteiger partial charge in [0.15, 0.2) is 0 Å². The molecule has 0 aromatic carbocycles. The Morgan fingerprint density at radius 3 is 3.11 bits per heavy atom. The number of morpholine rings is 1. The van der Waals surface area contributed by atoms with Crippen LogP contribution in [0.2, 0.25) is 0 Å². The van der Waals surface area contributed by atoms with Gasteiger partial charge in [-0.1, -0.05) is 0 Å². The number of carbonyl (C=O) groups excluding carboxylic acids is 1. The molecule has 108 valence electrons. The van der Waals surface area contributed by atoms with E-state index in [0.717, 1.165) is 26.2 Å². The highest BCUT2D eigenvalue weighted by atomic mass is 16.5. The smallest absolute Gasteiger partial charge is 0.315 e. The molecule has 0 saturated carbocycles. The van der Waals surface area contributed by atoms with E-state index >= 15 is 0 Å². The first-order valence-electron chi connectivity index (χ1n) is 7.29. The zero-order valence-electron chi connectivity index (χ0n) is 11.3. The van der Waals surface area contributed by atoms with Crippen LogP contribution in [0.4, 0.5) is 4.79 Å². The van der Waals surface area contributed by atoms with E-state index < -0.39 is 0 Å². The van der Waals surface area contributed by atoms with Gasteiger partial charge in [-0.25, -0.2) is 4.79 Å². The Balaban J connectivity index is 1.36. The SMILES string of the molecule is O=C(NCC1CN2CCCC2CO1)NC1CCOC1. The molecule has 3 atom stereocenters. The van der Waals surface area contributed by atoms with Crippen LogP contribution in [0.1, 0.15) is 19.3 Å². The lowest BCUT2D eigenvalue weighted by Crippen LogP contribution is -2.52. The van der Waals surface area contributed by atoms with Gasteiger partial charge in [-0.05, 0) is 25.8 Å². The van der Waals surface area contributed by atoms with Crippen molar-refractivity contribution < 1.29 is 14.3 Å². The van der Waals surface area contributed by atoms with Crippen molar-refractivity contribution in [1.29, 1.82) is 0 Å². The number of carbonyl (C=O) groups is 1. The molecule has 3 aliphatic rings. The summed E-state index contributed by atoms with van der Waals surface area (Å²) < 4.78 is 11.0. The molecule has 2 N–H and O–H groups in total. The number of nitrogens with one attached hydrogen (secondary N) is 2. The number of amides is 2. The fraction of sp³-hybridized carbons (Fsp3) is 0.923. The minimum absolute atomic E-state index is 0.109. The number of hydrogen-bond donors (Lipinski definition) is 2. The molecule has 19 heavy (non-hydrogen) atoms. The molecular formula is C13H23N3O3. The second-order valence-electron chi connectivity index (χ2n) is 5.66. The van der Waals surface area contributed by atoms with Crippen LogP contribution in [-0.2, 0) is 9.47 Å². The molecule has 3 heterocycles. The van der Waals surface area contributed by atoms with Crippen molar-refractivity contribution in [3.63, 3.8) is 0 Å². The van der Waals surface area contributed by atoms with Crippen molar-refractivity contribution in [2.24, 2.45) is 0 Å². The quantitative estimate of drug-likeness (QED) is 0.753. The lowest BCUT2D eigenvalue weighted by Gasteiger charge is -2.35. The van der Waals surface area contributed by atoms with E-state index in [-0.39, 0.29) is 18.2 Å². The molecule has 3 fully saturated rings. The summed E-state index contributed by atoms with van der Waals surface area (Å²) in [5.74, 6) is 0. The zero-order chi connectivity index (χ0) is 13.1. The highest BCUT2D eigenvalue weighted by Gasteiger charge is 2.32. The van der Waals surface area contributed by atoms with Crippen LogP contribution in [0.3, 0.4) is 0 Å². The van der Waals surface area contributed by atoms with Crippen molar-refractivity contribution >= 4 is 6.03 Å². The Hall–Kier alpha value is -0.850. The maximum atomic E-state index is 11.7. The predicted molar refractivity (Wildman–Crippen MR) is 70.1 cm³/mol. The lowest BCUT2D eigenvalue weighted by atomic mass is 10.2. The molecule has 0 aromatic heterocycles. The van der Waals surface area contributed by atoms with Gasteiger partial charge in [-0.15, -0.1) is 0 Å². The maximum Gasteiger partial charge on any atom is 0.315 e. The lowest BCUT2D eigenvalue weighted by molar-refractivity contribution is -0.0458. The first-order valence-corrected chi connectivity index (χ1v) is 7.29. The first-order chi connectivity index (χ1) is 9.31. The molecule has 0 spiro atoms. The summed E-state index contributed by atoms with van der Waals surface area (Å²) in [6.45, 7) is 4.89. The number of nitrogens with zero attached hydrogens (tertiary/aromatic N) is 1. The van der Waals surface area contributed by atoms with Crippen LogP contribution in [0.15, 0.2) is 0 Å². The number of rotatable bonds is 3. The molecule has 3 rings (SSSR count). The molecule has 3 saturated heterocycles. The first kappa shape index (κ1) is 13.1. The largest absolute Gasteiger partial charge is 0.379 e. The molecule has 6 heteroatoms. The van der Waals surface area contributed by atoms with E-state index in [2.05, 4.69) is 15.5 Å². The van der Waals surface area contributed by atoms with Crippen molar-refractivity contribution in [3.8, 4) is 0 Å². The van der Waals surface area contributed by atoms with Crippen LogP contribution >= 0.6 is 0 Å². The minimum atomic E-state index is -0.109. The van der Waals surface area contributed by atoms with E-state index in [0.29, 0.717) is 19.2 Å². The Morgan fingerprint density at radius 1 is 1.32 bits per heavy atom. The Bertz CT molecular complexity index is 320. The van der Waals surface area contributed by atoms with Crippen LogP contribution < -0.4 is 10.6 Å². The van der Waals surface area contributed by atoms with Gasteiger partial charge in [0.1, 0.15) is 0 Å². The summed E-state index contributed by atoms with van der Waals surface area (Å²) in [7, 11) is 0. The van der Waals surface area contributed by atoms with Gasteiger partial charge in [-0.2, -0.15) is 0 Å². The normalized spacial score (nSPS) is 35.1. The average Bonchev–Trinajstić information content (AvgIpc) is 3.06. The summed E-state index contributed by atoms with van der Waals surface area (Å²) in [6, 6.07) is 0.665. The molecule has 0 aromatic rings. The third-order valence-corrected chi connectivity index (χ3v) is 4.22. The van der Waals surface area contributed by atoms with Gasteiger partial charge in [0, 0.05) is 25.7 Å². The highest BCUT2D eigenvalue weighted by molar-refractivity contribution is 5.74. The third kappa shape index (κ3) is 3.38. The van der Waals surface area contributed by atoms with Crippen LogP contribution in [0, 0.1) is 0 Å². The molecule has 0 bridgehead atoms. The van der Waals surface area contributed by atoms with Gasteiger partial charge >= 0.3 is 6.03 Å². The van der Waals surface area contributed by atoms with Crippen molar-refractivity contribution in [3.05, 3.63) is 0 Å². The van der Waals surface area contributed by atoms with Gasteiger partial charge in [-0.3, -0.25) is 4.90 Å². The average molecular weight is 269 g/mol. The number of fused-ring (bicyclic) bond motifs is 1. The Morgan fingerprint density at radius 2 is 2.26 bits per heavy atom. The maximum absolute atomic E-state index is 11.7. The standard InChI is InChI=1S/C13H23N3O3/c17-13(15-10-3-5-18-8-10)14-6-12-7-16-4-1-2-11(16)9-19-12/h10-12H,1-9H2,(H2,14,15,17). The predicted octanol–water partition coefficient (Wildman–Crippen LogP) is -0.0623. The van der Waals surface area contributed by atoms with E-state index in [1.807, 2.05) is 0 Å². The van der Waals surface area contributed by atoms with Gasteiger partial charge < -0.3 is 20.1 Å². The summed E-state index contributed by atoms with van der Waals surface area (Å²) >= 11 is 0.